The van der Waals surface area contributed by atoms with Crippen molar-refractivity contribution in [2.45, 2.75) is 31.6 Å². The maximum absolute atomic E-state index is 13.4. The summed E-state index contributed by atoms with van der Waals surface area (Å²) < 4.78 is 19.1. The van der Waals surface area contributed by atoms with Gasteiger partial charge in [0.2, 0.25) is 0 Å². The van der Waals surface area contributed by atoms with Gasteiger partial charge in [0.1, 0.15) is 11.4 Å². The Kier molecular flexibility index (Phi) is 3.83. The van der Waals surface area contributed by atoms with Crippen molar-refractivity contribution in [3.05, 3.63) is 71.2 Å². The van der Waals surface area contributed by atoms with E-state index in [2.05, 4.69) is 17.4 Å². The van der Waals surface area contributed by atoms with Crippen LogP contribution < -0.4 is 5.32 Å². The van der Waals surface area contributed by atoms with Gasteiger partial charge in [-0.15, -0.1) is 0 Å². The minimum Gasteiger partial charge on any atom is -0.451 e. The van der Waals surface area contributed by atoms with Gasteiger partial charge in [0.05, 0.1) is 0 Å². The van der Waals surface area contributed by atoms with Gasteiger partial charge in [-0.25, -0.2) is 4.39 Å². The predicted molar refractivity (Wildman–Crippen MR) is 95.2 cm³/mol. The van der Waals surface area contributed by atoms with Crippen molar-refractivity contribution < 1.29 is 13.6 Å². The van der Waals surface area contributed by atoms with Crippen molar-refractivity contribution >= 4 is 16.9 Å². The summed E-state index contributed by atoms with van der Waals surface area (Å²) in [5.41, 5.74) is 2.49. The van der Waals surface area contributed by atoms with E-state index in [-0.39, 0.29) is 22.9 Å². The fourth-order valence-electron chi connectivity index (χ4n) is 3.70. The molecular weight excluding hydrogens is 317 g/mol. The number of aryl methyl sites for hydroxylation is 1. The second-order valence-corrected chi connectivity index (χ2v) is 6.88. The molecule has 4 rings (SSSR count). The molecule has 1 amide bonds. The summed E-state index contributed by atoms with van der Waals surface area (Å²) in [6, 6.07) is 14.6. The molecular formula is C21H20FNO2. The Bertz CT molecular complexity index is 926. The molecule has 128 valence electrons. The largest absolute Gasteiger partial charge is 0.451 e. The van der Waals surface area contributed by atoms with Crippen LogP contribution in [0.3, 0.4) is 0 Å². The number of rotatable bonds is 4. The highest BCUT2D eigenvalue weighted by atomic mass is 19.1. The van der Waals surface area contributed by atoms with E-state index in [1.54, 1.807) is 13.0 Å². The van der Waals surface area contributed by atoms with Gasteiger partial charge in [-0.05, 0) is 43.5 Å². The summed E-state index contributed by atoms with van der Waals surface area (Å²) in [7, 11) is 0. The zero-order chi connectivity index (χ0) is 17.4. The summed E-state index contributed by atoms with van der Waals surface area (Å²) in [4.78, 5) is 12.6. The number of fused-ring (bicyclic) bond motifs is 1. The molecule has 2 aromatic carbocycles. The van der Waals surface area contributed by atoms with Crippen molar-refractivity contribution in [2.24, 2.45) is 0 Å². The Hall–Kier alpha value is -2.62. The molecule has 3 aromatic rings. The highest BCUT2D eigenvalue weighted by Crippen LogP contribution is 2.43. The second-order valence-electron chi connectivity index (χ2n) is 6.88. The van der Waals surface area contributed by atoms with Gasteiger partial charge < -0.3 is 9.73 Å². The van der Waals surface area contributed by atoms with Gasteiger partial charge >= 0.3 is 0 Å². The predicted octanol–water partition coefficient (Wildman–Crippen LogP) is 4.73. The average Bonchev–Trinajstić information content (AvgIpc) is 2.91. The molecule has 1 N–H and O–H groups in total. The van der Waals surface area contributed by atoms with Crippen LogP contribution in [0.2, 0.25) is 0 Å². The fourth-order valence-corrected chi connectivity index (χ4v) is 3.70. The Labute approximate surface area is 145 Å². The van der Waals surface area contributed by atoms with Gasteiger partial charge in [-0.2, -0.15) is 0 Å². The van der Waals surface area contributed by atoms with Gasteiger partial charge in [-0.1, -0.05) is 36.8 Å². The summed E-state index contributed by atoms with van der Waals surface area (Å²) >= 11 is 0. The molecule has 1 aliphatic carbocycles. The van der Waals surface area contributed by atoms with Crippen LogP contribution >= 0.6 is 0 Å². The van der Waals surface area contributed by atoms with E-state index in [9.17, 15) is 9.18 Å². The van der Waals surface area contributed by atoms with Gasteiger partial charge in [0.15, 0.2) is 5.76 Å². The second kappa shape index (κ2) is 6.03. The molecule has 1 aromatic heterocycles. The molecule has 0 saturated heterocycles. The van der Waals surface area contributed by atoms with E-state index < -0.39 is 0 Å². The van der Waals surface area contributed by atoms with Crippen LogP contribution in [0, 0.1) is 12.7 Å². The first-order chi connectivity index (χ1) is 12.1. The maximum atomic E-state index is 13.4. The molecule has 4 heteroatoms. The number of hydrogen-bond donors (Lipinski definition) is 1. The van der Waals surface area contributed by atoms with Crippen molar-refractivity contribution in [3.63, 3.8) is 0 Å². The molecule has 25 heavy (non-hydrogen) atoms. The third-order valence-corrected chi connectivity index (χ3v) is 5.39. The summed E-state index contributed by atoms with van der Waals surface area (Å²) in [5, 5.41) is 3.68. The van der Waals surface area contributed by atoms with E-state index in [0.29, 0.717) is 23.1 Å². The van der Waals surface area contributed by atoms with Crippen LogP contribution in [-0.2, 0) is 5.41 Å². The topological polar surface area (TPSA) is 42.2 Å². The SMILES string of the molecule is Cc1c(C(=O)NCC2(c3ccccc3)CCC2)oc2ccc(F)cc12. The number of furan rings is 1. The Morgan fingerprint density at radius 3 is 2.64 bits per heavy atom. The number of carbonyl (C=O) groups excluding carboxylic acids is 1. The van der Waals surface area contributed by atoms with Crippen LogP contribution in [0.1, 0.15) is 40.9 Å². The monoisotopic (exact) mass is 337 g/mol. The van der Waals surface area contributed by atoms with E-state index in [4.69, 9.17) is 4.42 Å². The van der Waals surface area contributed by atoms with E-state index in [1.165, 1.54) is 24.1 Å². The zero-order valence-electron chi connectivity index (χ0n) is 14.1. The van der Waals surface area contributed by atoms with Crippen LogP contribution in [0.15, 0.2) is 52.9 Å². The zero-order valence-corrected chi connectivity index (χ0v) is 14.1. The number of amides is 1. The van der Waals surface area contributed by atoms with Crippen molar-refractivity contribution in [3.8, 4) is 0 Å². The van der Waals surface area contributed by atoms with Crippen molar-refractivity contribution in [1.82, 2.24) is 5.32 Å². The molecule has 0 unspecified atom stereocenters. The van der Waals surface area contributed by atoms with Crippen LogP contribution in [-0.4, -0.2) is 12.5 Å². The van der Waals surface area contributed by atoms with Crippen LogP contribution in [0.4, 0.5) is 4.39 Å². The lowest BCUT2D eigenvalue weighted by atomic mass is 9.64. The molecule has 1 aliphatic rings. The molecule has 0 atom stereocenters. The smallest absolute Gasteiger partial charge is 0.287 e. The number of benzene rings is 2. The number of hydrogen-bond acceptors (Lipinski definition) is 2. The minimum absolute atomic E-state index is 0.0168. The molecule has 1 saturated carbocycles. The first kappa shape index (κ1) is 15.9. The van der Waals surface area contributed by atoms with Gasteiger partial charge in [0, 0.05) is 22.9 Å². The lowest BCUT2D eigenvalue weighted by Crippen LogP contribution is -2.45. The summed E-state index contributed by atoms with van der Waals surface area (Å²) in [6.07, 6.45) is 3.32. The Morgan fingerprint density at radius 1 is 1.20 bits per heavy atom. The van der Waals surface area contributed by atoms with E-state index in [1.807, 2.05) is 18.2 Å². The summed E-state index contributed by atoms with van der Waals surface area (Å²) in [6.45, 7) is 2.37. The van der Waals surface area contributed by atoms with E-state index >= 15 is 0 Å². The average molecular weight is 337 g/mol. The highest BCUT2D eigenvalue weighted by molar-refractivity contribution is 5.98. The van der Waals surface area contributed by atoms with Crippen molar-refractivity contribution in [2.75, 3.05) is 6.54 Å². The Morgan fingerprint density at radius 2 is 1.96 bits per heavy atom. The fraction of sp³-hybridized carbons (Fsp3) is 0.286. The number of halogens is 1. The lowest BCUT2D eigenvalue weighted by Gasteiger charge is -2.42. The molecule has 0 spiro atoms. The molecule has 0 bridgehead atoms. The third-order valence-electron chi connectivity index (χ3n) is 5.39. The molecule has 0 radical (unpaired) electrons. The van der Waals surface area contributed by atoms with E-state index in [0.717, 1.165) is 12.8 Å². The standard InChI is InChI=1S/C21H20FNO2/c1-14-17-12-16(22)8-9-18(17)25-19(14)20(24)23-13-21(10-5-11-21)15-6-3-2-4-7-15/h2-4,6-9,12H,5,10-11,13H2,1H3,(H,23,24). The highest BCUT2D eigenvalue weighted by Gasteiger charge is 2.39. The molecule has 0 aliphatic heterocycles. The molecule has 3 nitrogen and oxygen atoms in total. The minimum atomic E-state index is -0.333. The maximum Gasteiger partial charge on any atom is 0.287 e. The van der Waals surface area contributed by atoms with Crippen LogP contribution in [0.5, 0.6) is 0 Å². The number of carbonyl (C=O) groups is 1. The first-order valence-corrected chi connectivity index (χ1v) is 8.61. The van der Waals surface area contributed by atoms with Crippen molar-refractivity contribution in [1.29, 1.82) is 0 Å². The molecule has 1 heterocycles. The quantitative estimate of drug-likeness (QED) is 0.748. The normalized spacial score (nSPS) is 15.8. The number of nitrogens with one attached hydrogen (secondary N) is 1. The van der Waals surface area contributed by atoms with Gasteiger partial charge in [-0.3, -0.25) is 4.79 Å². The first-order valence-electron chi connectivity index (χ1n) is 8.61. The van der Waals surface area contributed by atoms with Gasteiger partial charge in [0.25, 0.3) is 5.91 Å². The van der Waals surface area contributed by atoms with Crippen LogP contribution in [0.25, 0.3) is 11.0 Å². The lowest BCUT2D eigenvalue weighted by molar-refractivity contribution is 0.0901. The Balaban J connectivity index is 1.55. The third kappa shape index (κ3) is 2.72. The summed E-state index contributed by atoms with van der Waals surface area (Å²) in [5.74, 6) is -0.305. The molecule has 1 fully saturated rings.